The molecule has 0 bridgehead atoms. The largest absolute Gasteiger partial charge is 0.489 e. The predicted molar refractivity (Wildman–Crippen MR) is 92.7 cm³/mol. The third kappa shape index (κ3) is 3.52. The molecule has 0 aliphatic heterocycles. The molecule has 0 amide bonds. The molecule has 0 radical (unpaired) electrons. The Morgan fingerprint density at radius 1 is 1.04 bits per heavy atom. The van der Waals surface area contributed by atoms with Gasteiger partial charge in [0.1, 0.15) is 17.9 Å². The molecule has 1 aromatic heterocycles. The van der Waals surface area contributed by atoms with Crippen LogP contribution in [-0.4, -0.2) is 0 Å². The summed E-state index contributed by atoms with van der Waals surface area (Å²) in [4.78, 5) is 11.6. The fourth-order valence-corrected chi connectivity index (χ4v) is 2.86. The molecular weight excluding hydrogens is 335 g/mol. The number of halogens is 2. The number of fused-ring (bicyclic) bond motifs is 1. The molecule has 0 aliphatic rings. The molecule has 3 nitrogen and oxygen atoms in total. The van der Waals surface area contributed by atoms with Gasteiger partial charge < -0.3 is 9.15 Å². The number of benzene rings is 2. The van der Waals surface area contributed by atoms with E-state index >= 15 is 0 Å². The van der Waals surface area contributed by atoms with Crippen LogP contribution in [-0.2, 0) is 13.0 Å². The van der Waals surface area contributed by atoms with E-state index in [2.05, 4.69) is 0 Å². The first-order chi connectivity index (χ1) is 11.1. The lowest BCUT2D eigenvalue weighted by atomic mass is 10.1. The van der Waals surface area contributed by atoms with Crippen molar-refractivity contribution in [3.05, 3.63) is 74.1 Å². The zero-order valence-electron chi connectivity index (χ0n) is 12.4. The van der Waals surface area contributed by atoms with Gasteiger partial charge in [0.2, 0.25) is 0 Å². The van der Waals surface area contributed by atoms with Gasteiger partial charge in [0.15, 0.2) is 0 Å². The van der Waals surface area contributed by atoms with Gasteiger partial charge in [-0.1, -0.05) is 36.2 Å². The highest BCUT2D eigenvalue weighted by molar-refractivity contribution is 6.35. The summed E-state index contributed by atoms with van der Waals surface area (Å²) in [7, 11) is 0. The minimum Gasteiger partial charge on any atom is -0.489 e. The molecule has 0 atom stereocenters. The van der Waals surface area contributed by atoms with E-state index in [1.54, 1.807) is 18.2 Å². The van der Waals surface area contributed by atoms with Gasteiger partial charge in [0.05, 0.1) is 0 Å². The Kier molecular flexibility index (Phi) is 4.60. The van der Waals surface area contributed by atoms with Crippen molar-refractivity contribution in [2.45, 2.75) is 20.0 Å². The molecule has 0 N–H and O–H groups in total. The summed E-state index contributed by atoms with van der Waals surface area (Å²) < 4.78 is 11.0. The quantitative estimate of drug-likeness (QED) is 0.605. The van der Waals surface area contributed by atoms with Crippen LogP contribution in [0.1, 0.15) is 18.1 Å². The van der Waals surface area contributed by atoms with Gasteiger partial charge in [-0.25, -0.2) is 4.79 Å². The van der Waals surface area contributed by atoms with Crippen LogP contribution in [0.3, 0.4) is 0 Å². The summed E-state index contributed by atoms with van der Waals surface area (Å²) >= 11 is 12.0. The van der Waals surface area contributed by atoms with Crippen LogP contribution in [0.15, 0.2) is 51.7 Å². The molecule has 118 valence electrons. The second-order valence-electron chi connectivity index (χ2n) is 5.13. The molecule has 0 fully saturated rings. The summed E-state index contributed by atoms with van der Waals surface area (Å²) in [6.45, 7) is 2.31. The molecule has 0 unspecified atom stereocenters. The van der Waals surface area contributed by atoms with E-state index in [-0.39, 0.29) is 5.63 Å². The Morgan fingerprint density at radius 2 is 1.87 bits per heavy atom. The zero-order chi connectivity index (χ0) is 16.4. The number of aryl methyl sites for hydroxylation is 1. The van der Waals surface area contributed by atoms with Gasteiger partial charge in [0, 0.05) is 33.1 Å². The SMILES string of the molecule is CCc1cc(=O)oc2cc(OCc3ccc(Cl)cc3Cl)ccc12. The number of rotatable bonds is 4. The summed E-state index contributed by atoms with van der Waals surface area (Å²) in [6, 6.07) is 12.3. The van der Waals surface area contributed by atoms with Crippen molar-refractivity contribution in [3.8, 4) is 5.75 Å². The molecule has 3 rings (SSSR count). The molecule has 0 saturated heterocycles. The summed E-state index contributed by atoms with van der Waals surface area (Å²) in [5.41, 5.74) is 1.96. The average Bonchev–Trinajstić information content (AvgIpc) is 2.52. The number of ether oxygens (including phenoxy) is 1. The van der Waals surface area contributed by atoms with Crippen LogP contribution < -0.4 is 10.4 Å². The van der Waals surface area contributed by atoms with Gasteiger partial charge in [-0.2, -0.15) is 0 Å². The standard InChI is InChI=1S/C18H14Cl2O3/c1-2-11-7-18(21)23-17-9-14(5-6-15(11)17)22-10-12-3-4-13(19)8-16(12)20/h3-9H,2,10H2,1H3. The van der Waals surface area contributed by atoms with Crippen molar-refractivity contribution in [1.82, 2.24) is 0 Å². The van der Waals surface area contributed by atoms with Crippen molar-refractivity contribution in [2.75, 3.05) is 0 Å². The van der Waals surface area contributed by atoms with E-state index in [1.807, 2.05) is 25.1 Å². The van der Waals surface area contributed by atoms with Gasteiger partial charge in [-0.3, -0.25) is 0 Å². The minimum atomic E-state index is -0.354. The van der Waals surface area contributed by atoms with Gasteiger partial charge in [-0.15, -0.1) is 0 Å². The average molecular weight is 349 g/mol. The Bertz CT molecular complexity index is 916. The molecule has 1 heterocycles. The van der Waals surface area contributed by atoms with E-state index in [0.717, 1.165) is 22.9 Å². The smallest absolute Gasteiger partial charge is 0.336 e. The first kappa shape index (κ1) is 15.9. The molecule has 2 aromatic carbocycles. The highest BCUT2D eigenvalue weighted by Crippen LogP contribution is 2.25. The molecular formula is C18H14Cl2O3. The van der Waals surface area contributed by atoms with Crippen molar-refractivity contribution < 1.29 is 9.15 Å². The number of hydrogen-bond acceptors (Lipinski definition) is 3. The van der Waals surface area contributed by atoms with Crippen molar-refractivity contribution in [3.63, 3.8) is 0 Å². The van der Waals surface area contributed by atoms with Crippen molar-refractivity contribution in [2.24, 2.45) is 0 Å². The lowest BCUT2D eigenvalue weighted by molar-refractivity contribution is 0.306. The maximum atomic E-state index is 11.6. The lowest BCUT2D eigenvalue weighted by Gasteiger charge is -2.09. The first-order valence-corrected chi connectivity index (χ1v) is 7.96. The Morgan fingerprint density at radius 3 is 2.61 bits per heavy atom. The summed E-state index contributed by atoms with van der Waals surface area (Å²) in [5.74, 6) is 0.611. The molecule has 5 heteroatoms. The zero-order valence-corrected chi connectivity index (χ0v) is 13.9. The van der Waals surface area contributed by atoms with Crippen molar-refractivity contribution >= 4 is 34.2 Å². The third-order valence-electron chi connectivity index (χ3n) is 3.59. The number of hydrogen-bond donors (Lipinski definition) is 0. The van der Waals surface area contributed by atoms with Gasteiger partial charge in [-0.05, 0) is 36.2 Å². The summed E-state index contributed by atoms with van der Waals surface area (Å²) in [6.07, 6.45) is 0.767. The van der Waals surface area contributed by atoms with Crippen LogP contribution in [0.5, 0.6) is 5.75 Å². The van der Waals surface area contributed by atoms with E-state index in [0.29, 0.717) is 28.0 Å². The van der Waals surface area contributed by atoms with Crippen LogP contribution in [0.4, 0.5) is 0 Å². The van der Waals surface area contributed by atoms with E-state index in [1.165, 1.54) is 6.07 Å². The molecule has 23 heavy (non-hydrogen) atoms. The molecule has 3 aromatic rings. The monoisotopic (exact) mass is 348 g/mol. The second-order valence-corrected chi connectivity index (χ2v) is 5.97. The highest BCUT2D eigenvalue weighted by atomic mass is 35.5. The topological polar surface area (TPSA) is 39.4 Å². The molecule has 0 saturated carbocycles. The normalized spacial score (nSPS) is 10.9. The van der Waals surface area contributed by atoms with E-state index in [4.69, 9.17) is 32.4 Å². The van der Waals surface area contributed by atoms with Crippen LogP contribution in [0.25, 0.3) is 11.0 Å². The van der Waals surface area contributed by atoms with E-state index in [9.17, 15) is 4.79 Å². The predicted octanol–water partition coefficient (Wildman–Crippen LogP) is 5.24. The Hall–Kier alpha value is -1.97. The van der Waals surface area contributed by atoms with Crippen LogP contribution in [0.2, 0.25) is 10.0 Å². The third-order valence-corrected chi connectivity index (χ3v) is 4.18. The first-order valence-electron chi connectivity index (χ1n) is 7.20. The highest BCUT2D eigenvalue weighted by Gasteiger charge is 2.07. The van der Waals surface area contributed by atoms with Crippen LogP contribution in [0, 0.1) is 0 Å². The lowest BCUT2D eigenvalue weighted by Crippen LogP contribution is -2.01. The van der Waals surface area contributed by atoms with Crippen molar-refractivity contribution in [1.29, 1.82) is 0 Å². The minimum absolute atomic E-state index is 0.305. The van der Waals surface area contributed by atoms with E-state index < -0.39 is 0 Å². The second kappa shape index (κ2) is 6.65. The molecule has 0 aliphatic carbocycles. The van der Waals surface area contributed by atoms with Gasteiger partial charge in [0.25, 0.3) is 0 Å². The maximum Gasteiger partial charge on any atom is 0.336 e. The fraction of sp³-hybridized carbons (Fsp3) is 0.167. The Labute approximate surface area is 143 Å². The molecule has 0 spiro atoms. The van der Waals surface area contributed by atoms with Gasteiger partial charge >= 0.3 is 5.63 Å². The maximum absolute atomic E-state index is 11.6. The Balaban J connectivity index is 1.87. The summed E-state index contributed by atoms with van der Waals surface area (Å²) in [5, 5.41) is 2.06. The fourth-order valence-electron chi connectivity index (χ4n) is 2.39. The van der Waals surface area contributed by atoms with Crippen LogP contribution >= 0.6 is 23.2 Å².